The van der Waals surface area contributed by atoms with E-state index < -0.39 is 107 Å². The number of aromatic nitrogens is 4. The lowest BCUT2D eigenvalue weighted by molar-refractivity contribution is -0.170. The lowest BCUT2D eigenvalue weighted by Crippen LogP contribution is -2.41. The molecule has 1 N–H and O–H groups in total. The molecule has 22 nitrogen and oxygen atoms in total. The van der Waals surface area contributed by atoms with Gasteiger partial charge in [-0.15, -0.1) is 0 Å². The van der Waals surface area contributed by atoms with Gasteiger partial charge in [-0.05, 0) is 36.4 Å². The van der Waals surface area contributed by atoms with E-state index in [1.54, 1.807) is 66.7 Å². The van der Waals surface area contributed by atoms with Gasteiger partial charge in [0.25, 0.3) is 8.53 Å². The fraction of sp³-hybridized carbons (Fsp3) is 0.333. The second kappa shape index (κ2) is 22.9. The van der Waals surface area contributed by atoms with E-state index in [0.29, 0.717) is 0 Å². The van der Waals surface area contributed by atoms with Crippen LogP contribution in [0.25, 0.3) is 11.2 Å². The van der Waals surface area contributed by atoms with E-state index in [-0.39, 0.29) is 46.7 Å². The molecule has 0 saturated carbocycles. The molecule has 2 fully saturated rings. The molecule has 0 spiro atoms. The number of fused-ring (bicyclic) bond motifs is 1. The zero-order chi connectivity index (χ0) is 48.2. The molecule has 5 aromatic rings. The van der Waals surface area contributed by atoms with Gasteiger partial charge in [0.15, 0.2) is 47.6 Å². The molecule has 2 unspecified atom stereocenters. The summed E-state index contributed by atoms with van der Waals surface area (Å²) >= 11 is 0. The molecule has 0 aliphatic carbocycles. The number of esters is 6. The first kappa shape index (κ1) is 48.5. The second-order valence-corrected chi connectivity index (χ2v) is 16.0. The minimum atomic E-state index is -2.40. The number of rotatable bonds is 19. The monoisotopic (exact) mass is 954 g/mol. The van der Waals surface area contributed by atoms with E-state index >= 15 is 0 Å². The van der Waals surface area contributed by atoms with Gasteiger partial charge in [0, 0.05) is 20.8 Å². The number of ether oxygens (including phenoxy) is 8. The van der Waals surface area contributed by atoms with Crippen molar-refractivity contribution in [3.05, 3.63) is 120 Å². The standard InChI is InChI=1S/C45H43N6O16P/c1-26(52)58-22-33-36(61-27(2)53)38(62-28(3)54)45(64-33)67-68(60-21-13-20-46)50-39-34-40(48-24-47-39)51(25-49-34)41-37(66-44(57)31-18-11-6-12-19-31)35(65-43(56)30-16-9-5-10-17-30)32(63-41)23-59-42(55)29-14-7-4-8-15-29/h4-12,14-19,24-25,32-33,35-38,41,45H,13,21-23H2,1-3H3,(H,47,48,50)/t32-,33-,35-,36-,37-,38-,41-,45?,68?/m1/s1. The molecule has 2 saturated heterocycles. The van der Waals surface area contributed by atoms with Gasteiger partial charge in [-0.3, -0.25) is 23.5 Å². The predicted molar refractivity (Wildman–Crippen MR) is 231 cm³/mol. The first-order chi connectivity index (χ1) is 32.9. The predicted octanol–water partition coefficient (Wildman–Crippen LogP) is 4.77. The van der Waals surface area contributed by atoms with Crippen molar-refractivity contribution < 1.29 is 75.7 Å². The quantitative estimate of drug-likeness (QED) is 0.0505. The van der Waals surface area contributed by atoms with Crippen LogP contribution in [0.4, 0.5) is 5.82 Å². The van der Waals surface area contributed by atoms with Gasteiger partial charge >= 0.3 is 35.8 Å². The molecule has 2 aliphatic rings. The van der Waals surface area contributed by atoms with Crippen molar-refractivity contribution in [2.75, 3.05) is 24.9 Å². The smallest absolute Gasteiger partial charge is 0.338 e. The van der Waals surface area contributed by atoms with Crippen molar-refractivity contribution in [2.24, 2.45) is 0 Å². The summed E-state index contributed by atoms with van der Waals surface area (Å²) < 4.78 is 59.9. The van der Waals surface area contributed by atoms with Gasteiger partial charge in [0.05, 0.1) is 42.1 Å². The average molecular weight is 955 g/mol. The molecule has 0 bridgehead atoms. The average Bonchev–Trinajstić information content (AvgIpc) is 4.01. The molecule has 2 aromatic heterocycles. The van der Waals surface area contributed by atoms with Crippen LogP contribution < -0.4 is 5.09 Å². The lowest BCUT2D eigenvalue weighted by atomic mass is 10.1. The summed E-state index contributed by atoms with van der Waals surface area (Å²) in [6, 6.07) is 26.3. The van der Waals surface area contributed by atoms with Crippen molar-refractivity contribution in [2.45, 2.75) is 76.3 Å². The summed E-state index contributed by atoms with van der Waals surface area (Å²) in [5.74, 6) is -4.46. The Hall–Kier alpha value is -7.41. The van der Waals surface area contributed by atoms with Crippen LogP contribution in [0.15, 0.2) is 104 Å². The number of hydrogen-bond acceptors (Lipinski definition) is 21. The lowest BCUT2D eigenvalue weighted by Gasteiger charge is -2.26. The third-order valence-electron chi connectivity index (χ3n) is 9.95. The summed E-state index contributed by atoms with van der Waals surface area (Å²) in [5, 5.41) is 12.3. The minimum Gasteiger partial charge on any atom is -0.463 e. The molecule has 9 atom stereocenters. The molecule has 0 radical (unpaired) electrons. The highest BCUT2D eigenvalue weighted by atomic mass is 31.2. The maximum atomic E-state index is 13.8. The number of nitrogens with one attached hydrogen (secondary N) is 1. The maximum absolute atomic E-state index is 13.8. The Bertz CT molecular complexity index is 2620. The summed E-state index contributed by atoms with van der Waals surface area (Å²) in [4.78, 5) is 90.2. The van der Waals surface area contributed by atoms with Gasteiger partial charge in [-0.2, -0.15) is 5.26 Å². The number of carbonyl (C=O) groups is 6. The van der Waals surface area contributed by atoms with Crippen LogP contribution in [0, 0.1) is 11.3 Å². The van der Waals surface area contributed by atoms with E-state index in [1.165, 1.54) is 42.1 Å². The Kier molecular flexibility index (Phi) is 16.3. The Morgan fingerprint density at radius 3 is 1.79 bits per heavy atom. The number of carbonyl (C=O) groups excluding carboxylic acids is 6. The van der Waals surface area contributed by atoms with Crippen LogP contribution in [-0.4, -0.2) is 118 Å². The van der Waals surface area contributed by atoms with Gasteiger partial charge in [0.1, 0.15) is 31.7 Å². The van der Waals surface area contributed by atoms with Crippen molar-refractivity contribution in [3.63, 3.8) is 0 Å². The van der Waals surface area contributed by atoms with Gasteiger partial charge in [-0.1, -0.05) is 54.6 Å². The van der Waals surface area contributed by atoms with Gasteiger partial charge in [-0.25, -0.2) is 29.3 Å². The van der Waals surface area contributed by atoms with E-state index in [4.69, 9.17) is 46.9 Å². The van der Waals surface area contributed by atoms with Gasteiger partial charge < -0.3 is 47.5 Å². The van der Waals surface area contributed by atoms with Gasteiger partial charge in [0.2, 0.25) is 6.29 Å². The summed E-state index contributed by atoms with van der Waals surface area (Å²) in [6.07, 6.45) is -8.27. The molecule has 0 amide bonds. The van der Waals surface area contributed by atoms with E-state index in [1.807, 2.05) is 6.07 Å². The number of hydrogen-bond donors (Lipinski definition) is 1. The van der Waals surface area contributed by atoms with E-state index in [0.717, 1.165) is 20.2 Å². The highest BCUT2D eigenvalue weighted by Gasteiger charge is 2.53. The summed E-state index contributed by atoms with van der Waals surface area (Å²) in [6.45, 7) is 2.39. The first-order valence-electron chi connectivity index (χ1n) is 20.8. The molecule has 354 valence electrons. The number of nitrogens with zero attached hydrogens (tertiary/aromatic N) is 5. The normalized spacial score (nSPS) is 22.3. The van der Waals surface area contributed by atoms with Crippen molar-refractivity contribution in [1.29, 1.82) is 5.26 Å². The summed E-state index contributed by atoms with van der Waals surface area (Å²) in [7, 11) is -2.40. The third kappa shape index (κ3) is 12.1. The zero-order valence-corrected chi connectivity index (χ0v) is 37.4. The van der Waals surface area contributed by atoms with Crippen molar-refractivity contribution in [3.8, 4) is 6.07 Å². The maximum Gasteiger partial charge on any atom is 0.338 e. The minimum absolute atomic E-state index is 0.00285. The summed E-state index contributed by atoms with van der Waals surface area (Å²) in [5.41, 5.74) is 0.765. The fourth-order valence-electron chi connectivity index (χ4n) is 7.01. The van der Waals surface area contributed by atoms with Crippen molar-refractivity contribution in [1.82, 2.24) is 19.5 Å². The van der Waals surface area contributed by atoms with Crippen LogP contribution in [0.3, 0.4) is 0 Å². The van der Waals surface area contributed by atoms with Crippen LogP contribution >= 0.6 is 8.53 Å². The van der Waals surface area contributed by atoms with E-state index in [2.05, 4.69) is 20.0 Å². The number of nitriles is 1. The highest BCUT2D eigenvalue weighted by molar-refractivity contribution is 7.49. The molecule has 23 heteroatoms. The van der Waals surface area contributed by atoms with Crippen LogP contribution in [0.5, 0.6) is 0 Å². The number of imidazole rings is 1. The molecule has 2 aliphatic heterocycles. The molecular formula is C45H43N6O16P. The van der Waals surface area contributed by atoms with Crippen LogP contribution in [0.2, 0.25) is 0 Å². The molecular weight excluding hydrogens is 911 g/mol. The Labute approximate surface area is 388 Å². The topological polar surface area (TPSA) is 274 Å². The SMILES string of the molecule is CC(=O)OC[C@H]1OC(OP(Nc2ncnc3c2ncn3[C@@H]2O[C@H](COC(=O)c3ccccc3)[C@@H](OC(=O)c3ccccc3)[C@H]2OC(=O)c2ccccc2)OCCC#N)[C@H](OC(C)=O)[C@@H]1OC(C)=O. The van der Waals surface area contributed by atoms with Crippen molar-refractivity contribution >= 4 is 61.3 Å². The second-order valence-electron chi connectivity index (χ2n) is 14.8. The largest absolute Gasteiger partial charge is 0.463 e. The molecule has 3 aromatic carbocycles. The zero-order valence-electron chi connectivity index (χ0n) is 36.5. The third-order valence-corrected chi connectivity index (χ3v) is 11.2. The Balaban J connectivity index is 1.22. The highest BCUT2D eigenvalue weighted by Crippen LogP contribution is 2.45. The Morgan fingerprint density at radius 1 is 0.662 bits per heavy atom. The first-order valence-corrected chi connectivity index (χ1v) is 22.0. The number of benzene rings is 3. The molecule has 7 rings (SSSR count). The molecule has 68 heavy (non-hydrogen) atoms. The van der Waals surface area contributed by atoms with Crippen LogP contribution in [-0.2, 0) is 61.3 Å². The van der Waals surface area contributed by atoms with Crippen LogP contribution in [0.1, 0.15) is 64.5 Å². The Morgan fingerprint density at radius 2 is 1.21 bits per heavy atom. The fourth-order valence-corrected chi connectivity index (χ4v) is 8.14. The molecule has 4 heterocycles. The number of anilines is 1. The van der Waals surface area contributed by atoms with E-state index in [9.17, 15) is 34.0 Å².